The lowest BCUT2D eigenvalue weighted by molar-refractivity contribution is 0.168. The van der Waals surface area contributed by atoms with Crippen molar-refractivity contribution in [3.05, 3.63) is 29.8 Å². The molecule has 1 aromatic rings. The van der Waals surface area contributed by atoms with E-state index in [9.17, 15) is 13.5 Å². The SMILES string of the molecule is CC(C)S(=O)(=O)CCN1CCCC(O)c2ccccc21. The zero-order chi connectivity index (χ0) is 14.8. The van der Waals surface area contributed by atoms with E-state index in [-0.39, 0.29) is 11.0 Å². The van der Waals surface area contributed by atoms with Crippen LogP contribution in [0.4, 0.5) is 5.69 Å². The lowest BCUT2D eigenvalue weighted by Gasteiger charge is -2.25. The first-order valence-corrected chi connectivity index (χ1v) is 8.87. The molecule has 1 N–H and O–H groups in total. The summed E-state index contributed by atoms with van der Waals surface area (Å²) in [6.45, 7) is 4.72. The van der Waals surface area contributed by atoms with Gasteiger partial charge in [0.2, 0.25) is 0 Å². The van der Waals surface area contributed by atoms with Crippen molar-refractivity contribution in [3.63, 3.8) is 0 Å². The Morgan fingerprint density at radius 1 is 1.35 bits per heavy atom. The molecule has 1 aliphatic heterocycles. The number of sulfone groups is 1. The van der Waals surface area contributed by atoms with E-state index in [0.717, 1.165) is 30.6 Å². The van der Waals surface area contributed by atoms with E-state index in [1.165, 1.54) is 0 Å². The predicted octanol–water partition coefficient (Wildman–Crippen LogP) is 2.14. The summed E-state index contributed by atoms with van der Waals surface area (Å²) in [7, 11) is -3.03. The maximum Gasteiger partial charge on any atom is 0.154 e. The van der Waals surface area contributed by atoms with Crippen LogP contribution < -0.4 is 4.90 Å². The molecule has 4 nitrogen and oxygen atoms in total. The van der Waals surface area contributed by atoms with Gasteiger partial charge in [-0.1, -0.05) is 18.2 Å². The number of hydrogen-bond acceptors (Lipinski definition) is 4. The van der Waals surface area contributed by atoms with Crippen LogP contribution in [0.1, 0.15) is 38.4 Å². The van der Waals surface area contributed by atoms with Crippen molar-refractivity contribution in [3.8, 4) is 0 Å². The Hall–Kier alpha value is -1.07. The summed E-state index contributed by atoms with van der Waals surface area (Å²) in [5, 5.41) is 9.79. The van der Waals surface area contributed by atoms with Gasteiger partial charge in [-0.05, 0) is 32.8 Å². The van der Waals surface area contributed by atoms with Gasteiger partial charge in [0.05, 0.1) is 17.1 Å². The molecule has 20 heavy (non-hydrogen) atoms. The van der Waals surface area contributed by atoms with Gasteiger partial charge in [-0.2, -0.15) is 0 Å². The van der Waals surface area contributed by atoms with Crippen LogP contribution in [0.15, 0.2) is 24.3 Å². The monoisotopic (exact) mass is 297 g/mol. The van der Waals surface area contributed by atoms with Crippen molar-refractivity contribution >= 4 is 15.5 Å². The molecule has 0 saturated heterocycles. The number of aliphatic hydroxyl groups is 1. The van der Waals surface area contributed by atoms with Crippen molar-refractivity contribution in [1.29, 1.82) is 0 Å². The molecule has 5 heteroatoms. The van der Waals surface area contributed by atoms with E-state index in [0.29, 0.717) is 6.54 Å². The fraction of sp³-hybridized carbons (Fsp3) is 0.600. The van der Waals surface area contributed by atoms with E-state index < -0.39 is 15.9 Å². The van der Waals surface area contributed by atoms with Crippen molar-refractivity contribution in [2.45, 2.75) is 38.0 Å². The molecule has 2 rings (SSSR count). The Bertz CT molecular complexity index is 554. The quantitative estimate of drug-likeness (QED) is 0.925. The van der Waals surface area contributed by atoms with Crippen LogP contribution in [0.2, 0.25) is 0 Å². The van der Waals surface area contributed by atoms with Gasteiger partial charge in [-0.3, -0.25) is 0 Å². The second-order valence-electron chi connectivity index (χ2n) is 5.62. The molecule has 0 radical (unpaired) electrons. The predicted molar refractivity (Wildman–Crippen MR) is 81.8 cm³/mol. The Morgan fingerprint density at radius 2 is 2.05 bits per heavy atom. The van der Waals surface area contributed by atoms with Gasteiger partial charge in [0.1, 0.15) is 0 Å². The fourth-order valence-corrected chi connectivity index (χ4v) is 3.46. The maximum absolute atomic E-state index is 12.0. The average molecular weight is 297 g/mol. The van der Waals surface area contributed by atoms with Crippen LogP contribution >= 0.6 is 0 Å². The van der Waals surface area contributed by atoms with Crippen LogP contribution in [0.5, 0.6) is 0 Å². The number of anilines is 1. The van der Waals surface area contributed by atoms with Crippen LogP contribution in [-0.2, 0) is 9.84 Å². The second kappa shape index (κ2) is 6.14. The van der Waals surface area contributed by atoms with Crippen molar-refractivity contribution in [2.75, 3.05) is 23.7 Å². The largest absolute Gasteiger partial charge is 0.388 e. The zero-order valence-corrected chi connectivity index (χ0v) is 12.9. The minimum atomic E-state index is -3.03. The minimum Gasteiger partial charge on any atom is -0.388 e. The molecule has 1 atom stereocenters. The van der Waals surface area contributed by atoms with E-state index in [2.05, 4.69) is 4.90 Å². The highest BCUT2D eigenvalue weighted by Crippen LogP contribution is 2.32. The van der Waals surface area contributed by atoms with Crippen molar-refractivity contribution < 1.29 is 13.5 Å². The van der Waals surface area contributed by atoms with Crippen LogP contribution in [0, 0.1) is 0 Å². The Balaban J connectivity index is 2.18. The summed E-state index contributed by atoms with van der Waals surface area (Å²) in [4.78, 5) is 2.09. The Morgan fingerprint density at radius 3 is 2.75 bits per heavy atom. The lowest BCUT2D eigenvalue weighted by Crippen LogP contribution is -2.32. The molecule has 1 aliphatic rings. The summed E-state index contributed by atoms with van der Waals surface area (Å²) in [6, 6.07) is 7.73. The highest BCUT2D eigenvalue weighted by atomic mass is 32.2. The first-order chi connectivity index (χ1) is 9.42. The number of hydrogen-bond donors (Lipinski definition) is 1. The van der Waals surface area contributed by atoms with Gasteiger partial charge < -0.3 is 10.0 Å². The normalized spacial score (nSPS) is 19.8. The second-order valence-corrected chi connectivity index (χ2v) is 8.30. The first kappa shape index (κ1) is 15.3. The topological polar surface area (TPSA) is 57.6 Å². The minimum absolute atomic E-state index is 0.162. The number of benzene rings is 1. The third-order valence-corrected chi connectivity index (χ3v) is 6.09. The fourth-order valence-electron chi connectivity index (χ4n) is 2.51. The standard InChI is InChI=1S/C15H23NO3S/c1-12(2)20(18,19)11-10-16-9-5-8-15(17)13-6-3-4-7-14(13)16/h3-4,6-7,12,15,17H,5,8-11H2,1-2H3. The summed E-state index contributed by atoms with van der Waals surface area (Å²) in [6.07, 6.45) is 1.15. The summed E-state index contributed by atoms with van der Waals surface area (Å²) in [5.41, 5.74) is 1.88. The highest BCUT2D eigenvalue weighted by Gasteiger charge is 2.23. The first-order valence-electron chi connectivity index (χ1n) is 7.15. The molecule has 0 aromatic heterocycles. The Labute approximate surface area is 121 Å². The van der Waals surface area contributed by atoms with Crippen LogP contribution in [0.3, 0.4) is 0 Å². The number of fused-ring (bicyclic) bond motifs is 1. The molecule has 1 aromatic carbocycles. The van der Waals surface area contributed by atoms with Gasteiger partial charge >= 0.3 is 0 Å². The molecular weight excluding hydrogens is 274 g/mol. The van der Waals surface area contributed by atoms with Gasteiger partial charge in [0.25, 0.3) is 0 Å². The maximum atomic E-state index is 12.0. The molecule has 0 saturated carbocycles. The molecule has 112 valence electrons. The third-order valence-electron chi connectivity index (χ3n) is 3.91. The van der Waals surface area contributed by atoms with Crippen molar-refractivity contribution in [1.82, 2.24) is 0 Å². The van der Waals surface area contributed by atoms with E-state index in [1.807, 2.05) is 24.3 Å². The van der Waals surface area contributed by atoms with E-state index in [1.54, 1.807) is 13.8 Å². The Kier molecular flexibility index (Phi) is 4.70. The van der Waals surface area contributed by atoms with Crippen molar-refractivity contribution in [2.24, 2.45) is 0 Å². The third kappa shape index (κ3) is 3.33. The summed E-state index contributed by atoms with van der Waals surface area (Å²) in [5.74, 6) is 0.162. The van der Waals surface area contributed by atoms with E-state index in [4.69, 9.17) is 0 Å². The lowest BCUT2D eigenvalue weighted by atomic mass is 10.0. The average Bonchev–Trinajstić information content (AvgIpc) is 2.57. The molecule has 0 fully saturated rings. The molecule has 1 unspecified atom stereocenters. The summed E-state index contributed by atoms with van der Waals surface area (Å²) < 4.78 is 23.9. The van der Waals surface area contributed by atoms with Crippen LogP contribution in [0.25, 0.3) is 0 Å². The molecule has 1 heterocycles. The number of nitrogens with zero attached hydrogens (tertiary/aromatic N) is 1. The molecule has 0 aliphatic carbocycles. The molecule has 0 bridgehead atoms. The van der Waals surface area contributed by atoms with Crippen LogP contribution in [-0.4, -0.2) is 37.6 Å². The molecular formula is C15H23NO3S. The molecule has 0 amide bonds. The van der Waals surface area contributed by atoms with E-state index >= 15 is 0 Å². The number of aliphatic hydroxyl groups excluding tert-OH is 1. The highest BCUT2D eigenvalue weighted by molar-refractivity contribution is 7.92. The number of para-hydroxylation sites is 1. The molecule has 0 spiro atoms. The van der Waals surface area contributed by atoms with Gasteiger partial charge in [0, 0.05) is 24.3 Å². The van der Waals surface area contributed by atoms with Gasteiger partial charge in [-0.25, -0.2) is 8.42 Å². The van der Waals surface area contributed by atoms with Gasteiger partial charge in [0.15, 0.2) is 9.84 Å². The van der Waals surface area contributed by atoms with Gasteiger partial charge in [-0.15, -0.1) is 0 Å². The smallest absolute Gasteiger partial charge is 0.154 e. The zero-order valence-electron chi connectivity index (χ0n) is 12.1. The summed E-state index contributed by atoms with van der Waals surface area (Å²) >= 11 is 0. The number of rotatable bonds is 4.